The average molecular weight is 394 g/mol. The van der Waals surface area contributed by atoms with Crippen LogP contribution < -0.4 is 5.73 Å². The molecule has 2 aromatic heterocycles. The summed E-state index contributed by atoms with van der Waals surface area (Å²) in [4.78, 5) is 29.7. The lowest BCUT2D eigenvalue weighted by Crippen LogP contribution is -2.37. The van der Waals surface area contributed by atoms with Crippen molar-refractivity contribution in [3.63, 3.8) is 0 Å². The van der Waals surface area contributed by atoms with Crippen molar-refractivity contribution in [1.82, 2.24) is 19.5 Å². The van der Waals surface area contributed by atoms with E-state index in [-0.39, 0.29) is 23.2 Å². The number of nitrogens with two attached hydrogens (primary N) is 1. The van der Waals surface area contributed by atoms with Crippen molar-refractivity contribution < 1.29 is 29.1 Å². The van der Waals surface area contributed by atoms with Crippen LogP contribution in [-0.2, 0) is 9.09 Å². The van der Waals surface area contributed by atoms with Crippen LogP contribution in [0.4, 0.5) is 5.82 Å². The molecule has 2 heterocycles. The number of fused-ring (bicyclic) bond motifs is 1. The van der Waals surface area contributed by atoms with Gasteiger partial charge in [-0.3, -0.25) is 4.52 Å². The topological polar surface area (TPSA) is 177 Å². The SMILES string of the molecule is C[C@]1(COP(=O)(O)O)CC(n2cnc3c(N)nc(Cl)nc32)[C@H](O)C1O. The third kappa shape index (κ3) is 3.36. The Morgan fingerprint density at radius 2 is 2.16 bits per heavy atom. The summed E-state index contributed by atoms with van der Waals surface area (Å²) in [7, 11) is -4.71. The number of halogens is 1. The van der Waals surface area contributed by atoms with E-state index in [1.165, 1.54) is 10.9 Å². The van der Waals surface area contributed by atoms with Crippen molar-refractivity contribution >= 4 is 36.4 Å². The summed E-state index contributed by atoms with van der Waals surface area (Å²) in [6, 6.07) is -0.671. The number of anilines is 1. The van der Waals surface area contributed by atoms with Gasteiger partial charge in [-0.25, -0.2) is 9.55 Å². The Bertz CT molecular complexity index is 858. The minimum atomic E-state index is -4.71. The predicted molar refractivity (Wildman–Crippen MR) is 86.5 cm³/mol. The molecule has 0 aliphatic heterocycles. The second-order valence-electron chi connectivity index (χ2n) is 6.33. The summed E-state index contributed by atoms with van der Waals surface area (Å²) in [5.74, 6) is 0.0781. The highest BCUT2D eigenvalue weighted by atomic mass is 35.5. The first-order valence-electron chi connectivity index (χ1n) is 7.23. The quantitative estimate of drug-likeness (QED) is 0.346. The first kappa shape index (κ1) is 18.5. The number of aromatic nitrogens is 4. The van der Waals surface area contributed by atoms with Gasteiger partial charge >= 0.3 is 7.82 Å². The monoisotopic (exact) mass is 393 g/mol. The Morgan fingerprint density at radius 1 is 1.48 bits per heavy atom. The van der Waals surface area contributed by atoms with Gasteiger partial charge in [-0.1, -0.05) is 6.92 Å². The van der Waals surface area contributed by atoms with Gasteiger partial charge in [0.05, 0.1) is 25.1 Å². The first-order valence-corrected chi connectivity index (χ1v) is 9.14. The van der Waals surface area contributed by atoms with Gasteiger partial charge in [0.25, 0.3) is 0 Å². The number of nitrogen functional groups attached to an aromatic ring is 1. The van der Waals surface area contributed by atoms with Crippen molar-refractivity contribution in [3.8, 4) is 0 Å². The van der Waals surface area contributed by atoms with Crippen LogP contribution in [0.3, 0.4) is 0 Å². The average Bonchev–Trinajstić information content (AvgIpc) is 3.00. The molecule has 2 unspecified atom stereocenters. The Morgan fingerprint density at radius 3 is 2.80 bits per heavy atom. The molecule has 1 saturated carbocycles. The molecule has 2 aromatic rings. The molecule has 0 bridgehead atoms. The van der Waals surface area contributed by atoms with Gasteiger partial charge in [0.15, 0.2) is 11.5 Å². The van der Waals surface area contributed by atoms with Crippen LogP contribution in [0.15, 0.2) is 6.33 Å². The highest BCUT2D eigenvalue weighted by Crippen LogP contribution is 2.48. The maximum absolute atomic E-state index is 10.9. The lowest BCUT2D eigenvalue weighted by molar-refractivity contribution is -0.0397. The number of aliphatic hydroxyl groups excluding tert-OH is 2. The Balaban J connectivity index is 1.95. The Labute approximate surface area is 146 Å². The van der Waals surface area contributed by atoms with Gasteiger partial charge in [-0.2, -0.15) is 9.97 Å². The molecule has 1 aliphatic carbocycles. The van der Waals surface area contributed by atoms with Crippen molar-refractivity contribution in [2.75, 3.05) is 12.3 Å². The molecule has 11 nitrogen and oxygen atoms in total. The van der Waals surface area contributed by atoms with E-state index in [0.717, 1.165) is 0 Å². The van der Waals surface area contributed by atoms with E-state index >= 15 is 0 Å². The Kier molecular flexibility index (Phi) is 4.53. The van der Waals surface area contributed by atoms with Crippen LogP contribution >= 0.6 is 19.4 Å². The molecule has 6 N–H and O–H groups in total. The summed E-state index contributed by atoms with van der Waals surface area (Å²) >= 11 is 5.82. The fraction of sp³-hybridized carbons (Fsp3) is 0.583. The number of rotatable bonds is 4. The van der Waals surface area contributed by atoms with E-state index in [1.54, 1.807) is 6.92 Å². The van der Waals surface area contributed by atoms with Crippen LogP contribution in [0.1, 0.15) is 19.4 Å². The van der Waals surface area contributed by atoms with E-state index in [0.29, 0.717) is 5.52 Å². The first-order chi connectivity index (χ1) is 11.5. The standard InChI is InChI=1S/C12H17ClN5O6P/c1-12(3-24-25(21,22)23)2-5(7(19)8(12)20)18-4-15-6-9(14)16-11(13)17-10(6)18/h4-5,7-8,19-20H,2-3H2,1H3,(H2,14,16,17)(H2,21,22,23)/t5?,7-,8?,12+/m0/s1. The van der Waals surface area contributed by atoms with Crippen LogP contribution in [0, 0.1) is 5.41 Å². The summed E-state index contributed by atoms with van der Waals surface area (Å²) in [5, 5.41) is 20.7. The molecular weight excluding hydrogens is 377 g/mol. The van der Waals surface area contributed by atoms with E-state index < -0.39 is 38.1 Å². The molecule has 0 spiro atoms. The summed E-state index contributed by atoms with van der Waals surface area (Å²) < 4.78 is 17.0. The van der Waals surface area contributed by atoms with Crippen LogP contribution in [0.25, 0.3) is 11.2 Å². The van der Waals surface area contributed by atoms with Crippen LogP contribution in [-0.4, -0.2) is 58.3 Å². The Hall–Kier alpha value is -1.33. The minimum Gasteiger partial charge on any atom is -0.390 e. The van der Waals surface area contributed by atoms with Gasteiger partial charge < -0.3 is 30.3 Å². The molecule has 0 radical (unpaired) electrons. The van der Waals surface area contributed by atoms with E-state index in [1.807, 2.05) is 0 Å². The third-order valence-electron chi connectivity index (χ3n) is 4.45. The fourth-order valence-electron chi connectivity index (χ4n) is 3.13. The largest absolute Gasteiger partial charge is 0.469 e. The molecule has 13 heteroatoms. The van der Waals surface area contributed by atoms with Gasteiger partial charge in [0.2, 0.25) is 5.28 Å². The van der Waals surface area contributed by atoms with Crippen molar-refractivity contribution in [1.29, 1.82) is 0 Å². The second-order valence-corrected chi connectivity index (χ2v) is 7.90. The molecule has 3 rings (SSSR count). The maximum Gasteiger partial charge on any atom is 0.469 e. The molecule has 25 heavy (non-hydrogen) atoms. The van der Waals surface area contributed by atoms with Crippen molar-refractivity contribution in [3.05, 3.63) is 11.6 Å². The van der Waals surface area contributed by atoms with Gasteiger partial charge in [0.1, 0.15) is 11.6 Å². The summed E-state index contributed by atoms with van der Waals surface area (Å²) in [5.41, 5.74) is 5.24. The second kappa shape index (κ2) is 6.13. The zero-order valence-corrected chi connectivity index (χ0v) is 14.7. The van der Waals surface area contributed by atoms with E-state index in [2.05, 4.69) is 19.5 Å². The maximum atomic E-state index is 10.9. The number of aliphatic hydroxyl groups is 2. The number of phosphoric ester groups is 1. The highest BCUT2D eigenvalue weighted by molar-refractivity contribution is 7.46. The zero-order valence-electron chi connectivity index (χ0n) is 13.0. The molecule has 1 aliphatic rings. The molecule has 0 aromatic carbocycles. The van der Waals surface area contributed by atoms with Crippen LogP contribution in [0.2, 0.25) is 5.28 Å². The van der Waals surface area contributed by atoms with E-state index in [9.17, 15) is 14.8 Å². The number of phosphoric acid groups is 1. The van der Waals surface area contributed by atoms with Crippen molar-refractivity contribution in [2.45, 2.75) is 31.6 Å². The lowest BCUT2D eigenvalue weighted by atomic mass is 9.87. The summed E-state index contributed by atoms with van der Waals surface area (Å²) in [6.45, 7) is 1.13. The lowest BCUT2D eigenvalue weighted by Gasteiger charge is -2.28. The molecule has 138 valence electrons. The van der Waals surface area contributed by atoms with Gasteiger partial charge in [-0.15, -0.1) is 0 Å². The smallest absolute Gasteiger partial charge is 0.390 e. The predicted octanol–water partition coefficient (Wildman–Crippen LogP) is -0.156. The number of nitrogens with zero attached hydrogens (tertiary/aromatic N) is 4. The zero-order chi connectivity index (χ0) is 18.6. The van der Waals surface area contributed by atoms with Crippen molar-refractivity contribution in [2.24, 2.45) is 5.41 Å². The number of hydrogen-bond acceptors (Lipinski definition) is 8. The molecular formula is C12H17ClN5O6P. The summed E-state index contributed by atoms with van der Waals surface area (Å²) in [6.07, 6.45) is -0.973. The van der Waals surface area contributed by atoms with Gasteiger partial charge in [0, 0.05) is 5.41 Å². The molecule has 1 fully saturated rings. The highest BCUT2D eigenvalue weighted by Gasteiger charge is 2.51. The normalized spacial score (nSPS) is 30.2. The third-order valence-corrected chi connectivity index (χ3v) is 5.08. The fourth-order valence-corrected chi connectivity index (χ4v) is 3.77. The minimum absolute atomic E-state index is 0.0781. The molecule has 0 amide bonds. The number of imidazole rings is 1. The van der Waals surface area contributed by atoms with Crippen LogP contribution in [0.5, 0.6) is 0 Å². The number of hydrogen-bond donors (Lipinski definition) is 5. The van der Waals surface area contributed by atoms with E-state index in [4.69, 9.17) is 27.1 Å². The molecule has 0 saturated heterocycles. The van der Waals surface area contributed by atoms with Gasteiger partial charge in [-0.05, 0) is 18.0 Å². The molecule has 4 atom stereocenters.